The van der Waals surface area contributed by atoms with Crippen LogP contribution in [0.2, 0.25) is 0 Å². The standard InChI is InChI=1S/C15H12BrNO3/c1-8-6-9(2-4-11(8)16)14(18)10-3-5-12-13(7-10)20-15(19)17-12/h2-7,14,18H,1H3,(H,17,19). The Hall–Kier alpha value is -1.85. The first-order chi connectivity index (χ1) is 9.54. The molecular formula is C15H12BrNO3. The number of rotatable bonds is 2. The Bertz CT molecular complexity index is 834. The van der Waals surface area contributed by atoms with E-state index in [1.165, 1.54) is 0 Å². The van der Waals surface area contributed by atoms with Crippen LogP contribution in [0.3, 0.4) is 0 Å². The third-order valence-corrected chi connectivity index (χ3v) is 4.15. The molecule has 1 heterocycles. The Balaban J connectivity index is 2.04. The molecule has 0 fully saturated rings. The summed E-state index contributed by atoms with van der Waals surface area (Å²) in [6.45, 7) is 1.97. The molecule has 102 valence electrons. The summed E-state index contributed by atoms with van der Waals surface area (Å²) >= 11 is 3.43. The zero-order valence-corrected chi connectivity index (χ0v) is 12.3. The summed E-state index contributed by atoms with van der Waals surface area (Å²) in [5.41, 5.74) is 3.60. The van der Waals surface area contributed by atoms with Crippen LogP contribution in [0.5, 0.6) is 0 Å². The Morgan fingerprint density at radius 1 is 1.20 bits per heavy atom. The van der Waals surface area contributed by atoms with Gasteiger partial charge in [-0.3, -0.25) is 4.98 Å². The van der Waals surface area contributed by atoms with Crippen molar-refractivity contribution in [2.75, 3.05) is 0 Å². The number of aliphatic hydroxyl groups excluding tert-OH is 1. The molecule has 0 amide bonds. The van der Waals surface area contributed by atoms with Crippen LogP contribution in [-0.4, -0.2) is 10.1 Å². The lowest BCUT2D eigenvalue weighted by Crippen LogP contribution is -2.00. The summed E-state index contributed by atoms with van der Waals surface area (Å²) in [5, 5.41) is 10.4. The molecule has 0 aliphatic rings. The fourth-order valence-electron chi connectivity index (χ4n) is 2.16. The number of halogens is 1. The van der Waals surface area contributed by atoms with Crippen LogP contribution in [0.15, 0.2) is 50.1 Å². The van der Waals surface area contributed by atoms with Gasteiger partial charge in [-0.15, -0.1) is 0 Å². The van der Waals surface area contributed by atoms with Gasteiger partial charge in [-0.25, -0.2) is 4.79 Å². The van der Waals surface area contributed by atoms with Crippen LogP contribution in [-0.2, 0) is 0 Å². The van der Waals surface area contributed by atoms with E-state index in [-0.39, 0.29) is 0 Å². The molecule has 0 saturated heterocycles. The highest BCUT2D eigenvalue weighted by molar-refractivity contribution is 9.10. The van der Waals surface area contributed by atoms with Crippen molar-refractivity contribution in [3.63, 3.8) is 0 Å². The van der Waals surface area contributed by atoms with E-state index < -0.39 is 11.9 Å². The van der Waals surface area contributed by atoms with Gasteiger partial charge in [0, 0.05) is 4.47 Å². The summed E-state index contributed by atoms with van der Waals surface area (Å²) < 4.78 is 6.01. The van der Waals surface area contributed by atoms with Gasteiger partial charge in [0.1, 0.15) is 6.10 Å². The van der Waals surface area contributed by atoms with Crippen LogP contribution < -0.4 is 5.76 Å². The maximum absolute atomic E-state index is 11.1. The lowest BCUT2D eigenvalue weighted by Gasteiger charge is -2.12. The average molecular weight is 334 g/mol. The number of hydrogen-bond acceptors (Lipinski definition) is 3. The molecule has 0 radical (unpaired) electrons. The SMILES string of the molecule is Cc1cc(C(O)c2ccc3[nH]c(=O)oc3c2)ccc1Br. The third-order valence-electron chi connectivity index (χ3n) is 3.26. The monoisotopic (exact) mass is 333 g/mol. The molecule has 2 N–H and O–H groups in total. The van der Waals surface area contributed by atoms with Crippen LogP contribution >= 0.6 is 15.9 Å². The van der Waals surface area contributed by atoms with Crippen molar-refractivity contribution >= 4 is 27.0 Å². The molecule has 1 unspecified atom stereocenters. The number of hydrogen-bond donors (Lipinski definition) is 2. The summed E-state index contributed by atoms with van der Waals surface area (Å²) in [4.78, 5) is 13.7. The smallest absolute Gasteiger partial charge is 0.408 e. The second-order valence-corrected chi connectivity index (χ2v) is 5.54. The van der Waals surface area contributed by atoms with Gasteiger partial charge < -0.3 is 9.52 Å². The average Bonchev–Trinajstić information content (AvgIpc) is 2.80. The normalized spacial score (nSPS) is 12.8. The number of aliphatic hydroxyl groups is 1. The number of H-pyrrole nitrogens is 1. The third kappa shape index (κ3) is 2.30. The lowest BCUT2D eigenvalue weighted by atomic mass is 10.00. The number of aryl methyl sites for hydroxylation is 1. The van der Waals surface area contributed by atoms with Crippen LogP contribution in [0, 0.1) is 6.92 Å². The van der Waals surface area contributed by atoms with Gasteiger partial charge in [0.2, 0.25) is 0 Å². The molecule has 0 bridgehead atoms. The van der Waals surface area contributed by atoms with Crippen molar-refractivity contribution in [1.29, 1.82) is 0 Å². The van der Waals surface area contributed by atoms with E-state index >= 15 is 0 Å². The summed E-state index contributed by atoms with van der Waals surface area (Å²) in [7, 11) is 0. The van der Waals surface area contributed by atoms with Crippen molar-refractivity contribution in [2.45, 2.75) is 13.0 Å². The van der Waals surface area contributed by atoms with Crippen molar-refractivity contribution in [3.05, 3.63) is 68.1 Å². The van der Waals surface area contributed by atoms with Gasteiger partial charge in [0.15, 0.2) is 5.58 Å². The minimum atomic E-state index is -0.758. The zero-order valence-electron chi connectivity index (χ0n) is 10.7. The fourth-order valence-corrected chi connectivity index (χ4v) is 2.41. The van der Waals surface area contributed by atoms with Crippen LogP contribution in [0.1, 0.15) is 22.8 Å². The first-order valence-electron chi connectivity index (χ1n) is 6.11. The molecule has 1 atom stereocenters. The van der Waals surface area contributed by atoms with E-state index in [1.54, 1.807) is 18.2 Å². The van der Waals surface area contributed by atoms with E-state index in [0.29, 0.717) is 16.7 Å². The summed E-state index contributed by atoms with van der Waals surface area (Å²) in [5.74, 6) is -0.494. The van der Waals surface area contributed by atoms with Crippen LogP contribution in [0.4, 0.5) is 0 Å². The number of oxazole rings is 1. The Kier molecular flexibility index (Phi) is 3.23. The lowest BCUT2D eigenvalue weighted by molar-refractivity contribution is 0.220. The van der Waals surface area contributed by atoms with E-state index in [4.69, 9.17) is 4.42 Å². The predicted octanol–water partition coefficient (Wildman–Crippen LogP) is 3.27. The first kappa shape index (κ1) is 13.1. The molecule has 0 aliphatic heterocycles. The van der Waals surface area contributed by atoms with Gasteiger partial charge in [-0.05, 0) is 41.8 Å². The van der Waals surface area contributed by atoms with Gasteiger partial charge in [0.05, 0.1) is 5.52 Å². The van der Waals surface area contributed by atoms with E-state index in [2.05, 4.69) is 20.9 Å². The summed E-state index contributed by atoms with van der Waals surface area (Å²) in [6.07, 6.45) is -0.758. The second kappa shape index (κ2) is 4.92. The van der Waals surface area contributed by atoms with E-state index in [9.17, 15) is 9.90 Å². The van der Waals surface area contributed by atoms with E-state index in [1.807, 2.05) is 25.1 Å². The quantitative estimate of drug-likeness (QED) is 0.756. The fraction of sp³-hybridized carbons (Fsp3) is 0.133. The van der Waals surface area contributed by atoms with Gasteiger partial charge in [-0.2, -0.15) is 0 Å². The first-order valence-corrected chi connectivity index (χ1v) is 6.91. The minimum Gasteiger partial charge on any atom is -0.408 e. The molecule has 3 rings (SSSR count). The van der Waals surface area contributed by atoms with Crippen molar-refractivity contribution in [3.8, 4) is 0 Å². The Labute approximate surface area is 123 Å². The molecule has 0 spiro atoms. The minimum absolute atomic E-state index is 0.445. The molecule has 0 aliphatic carbocycles. The molecule has 0 saturated carbocycles. The summed E-state index contributed by atoms with van der Waals surface area (Å²) in [6, 6.07) is 10.9. The van der Waals surface area contributed by atoms with Crippen LogP contribution in [0.25, 0.3) is 11.1 Å². The molecule has 1 aromatic heterocycles. The van der Waals surface area contributed by atoms with Crippen molar-refractivity contribution in [1.82, 2.24) is 4.98 Å². The van der Waals surface area contributed by atoms with Gasteiger partial charge in [-0.1, -0.05) is 34.1 Å². The van der Waals surface area contributed by atoms with Gasteiger partial charge >= 0.3 is 5.76 Å². The molecule has 3 aromatic rings. The highest BCUT2D eigenvalue weighted by Crippen LogP contribution is 2.27. The largest absolute Gasteiger partial charge is 0.417 e. The van der Waals surface area contributed by atoms with Crippen molar-refractivity contribution < 1.29 is 9.52 Å². The molecule has 20 heavy (non-hydrogen) atoms. The molecular weight excluding hydrogens is 322 g/mol. The Morgan fingerprint density at radius 3 is 2.65 bits per heavy atom. The molecule has 2 aromatic carbocycles. The maximum atomic E-state index is 11.1. The maximum Gasteiger partial charge on any atom is 0.417 e. The highest BCUT2D eigenvalue weighted by Gasteiger charge is 2.13. The topological polar surface area (TPSA) is 66.2 Å². The number of fused-ring (bicyclic) bond motifs is 1. The highest BCUT2D eigenvalue weighted by atomic mass is 79.9. The van der Waals surface area contributed by atoms with E-state index in [0.717, 1.165) is 15.6 Å². The zero-order chi connectivity index (χ0) is 14.3. The number of benzene rings is 2. The van der Waals surface area contributed by atoms with Crippen molar-refractivity contribution in [2.24, 2.45) is 0 Å². The Morgan fingerprint density at radius 2 is 1.90 bits per heavy atom. The molecule has 4 nitrogen and oxygen atoms in total. The van der Waals surface area contributed by atoms with Gasteiger partial charge in [0.25, 0.3) is 0 Å². The number of aromatic nitrogens is 1. The predicted molar refractivity (Wildman–Crippen MR) is 79.8 cm³/mol. The number of nitrogens with one attached hydrogen (secondary N) is 1. The second-order valence-electron chi connectivity index (χ2n) is 4.68. The molecule has 5 heteroatoms. The number of aromatic amines is 1.